The molecule has 1 aromatic rings. The molecule has 1 aliphatic rings. The summed E-state index contributed by atoms with van der Waals surface area (Å²) < 4.78 is 21.0. The molecule has 1 N–H and O–H groups in total. The predicted octanol–water partition coefficient (Wildman–Crippen LogP) is 7.20. The minimum absolute atomic E-state index is 0.189. The number of nitrogens with zero attached hydrogens (tertiary/aromatic N) is 1. The van der Waals surface area contributed by atoms with E-state index in [0.717, 1.165) is 54.4 Å². The third-order valence-corrected chi connectivity index (χ3v) is 5.78. The average molecular weight is 467 g/mol. The largest absolute Gasteiger partial charge is 0.380 e. The summed E-state index contributed by atoms with van der Waals surface area (Å²) in [6, 6.07) is 9.24. The fourth-order valence-corrected chi connectivity index (χ4v) is 3.85. The number of halogens is 1. The first kappa shape index (κ1) is 29.1. The van der Waals surface area contributed by atoms with Crippen molar-refractivity contribution in [2.45, 2.75) is 66.2 Å². The van der Waals surface area contributed by atoms with Gasteiger partial charge in [-0.25, -0.2) is 4.39 Å². The molecule has 0 saturated carbocycles. The van der Waals surface area contributed by atoms with E-state index in [1.807, 2.05) is 39.8 Å². The molecule has 1 aromatic carbocycles. The molecule has 0 bridgehead atoms. The Bertz CT molecular complexity index is 947. The molecule has 4 nitrogen and oxygen atoms in total. The number of hydrogen-bond donors (Lipinski definition) is 1. The number of unbranched alkanes of at least 4 members (excludes halogenated alkanes) is 2. The van der Waals surface area contributed by atoms with Crippen molar-refractivity contribution in [2.75, 3.05) is 20.3 Å². The first-order valence-corrected chi connectivity index (χ1v) is 12.1. The topological polar surface area (TPSA) is 62.1 Å². The van der Waals surface area contributed by atoms with Crippen LogP contribution in [0.5, 0.6) is 0 Å². The van der Waals surface area contributed by atoms with Crippen molar-refractivity contribution >= 4 is 12.0 Å². The van der Waals surface area contributed by atoms with Gasteiger partial charge in [-0.1, -0.05) is 44.6 Å². The van der Waals surface area contributed by atoms with Crippen LogP contribution in [0.25, 0.3) is 5.57 Å². The van der Waals surface area contributed by atoms with E-state index in [1.165, 1.54) is 5.57 Å². The Hall–Kier alpha value is -2.97. The molecule has 0 heterocycles. The summed E-state index contributed by atoms with van der Waals surface area (Å²) in [5.41, 5.74) is 5.94. The van der Waals surface area contributed by atoms with Crippen molar-refractivity contribution in [3.63, 3.8) is 0 Å². The van der Waals surface area contributed by atoms with Crippen LogP contribution >= 0.6 is 0 Å². The van der Waals surface area contributed by atoms with Gasteiger partial charge in [0.15, 0.2) is 0 Å². The number of benzene rings is 1. The van der Waals surface area contributed by atoms with Crippen molar-refractivity contribution in [1.82, 2.24) is 5.32 Å². The third-order valence-electron chi connectivity index (χ3n) is 5.78. The van der Waals surface area contributed by atoms with Crippen LogP contribution < -0.4 is 5.32 Å². The number of carbonyl (C=O) groups excluding carboxylic acids is 1. The van der Waals surface area contributed by atoms with Crippen LogP contribution in [0.1, 0.15) is 77.3 Å². The summed E-state index contributed by atoms with van der Waals surface area (Å²) >= 11 is 0. The second-order valence-electron chi connectivity index (χ2n) is 8.12. The second-order valence-corrected chi connectivity index (χ2v) is 8.12. The quantitative estimate of drug-likeness (QED) is 0.201. The normalized spacial score (nSPS) is 14.4. The van der Waals surface area contributed by atoms with Crippen LogP contribution in [0, 0.1) is 11.3 Å². The fraction of sp³-hybridized carbons (Fsp3) is 0.448. The number of methoxy groups -OCH3 is 1. The van der Waals surface area contributed by atoms with Crippen LogP contribution in [-0.2, 0) is 9.53 Å². The van der Waals surface area contributed by atoms with Crippen LogP contribution in [0.3, 0.4) is 0 Å². The zero-order valence-corrected chi connectivity index (χ0v) is 21.3. The number of rotatable bonds is 12. The number of amides is 1. The summed E-state index contributed by atoms with van der Waals surface area (Å²) in [4.78, 5) is 10.3. The van der Waals surface area contributed by atoms with Gasteiger partial charge in [0.25, 0.3) is 0 Å². The first-order valence-electron chi connectivity index (χ1n) is 12.1. The molecule has 0 spiro atoms. The summed E-state index contributed by atoms with van der Waals surface area (Å²) in [6.45, 7) is 9.09. The van der Waals surface area contributed by atoms with E-state index in [9.17, 15) is 4.79 Å². The van der Waals surface area contributed by atoms with E-state index >= 15 is 4.39 Å². The standard InChI is InChI=1S/C27H33FN2O2.C2H6/c1-20(7-5-4-6-16-30-19-31)27(28)26(25-14-8-22(17-29)9-15-25)21(2)24-12-10-23(11-13-24)18-32-3;1-2/h8-10,12,14-15,19H,4-7,11,13,16,18H2,1-3H3,(H,30,31);1-2H3/b26-21+,27-20-;. The maximum atomic E-state index is 15.8. The number of allylic oxidation sites excluding steroid dienone is 7. The van der Waals surface area contributed by atoms with E-state index in [4.69, 9.17) is 10.00 Å². The highest BCUT2D eigenvalue weighted by Crippen LogP contribution is 2.36. The summed E-state index contributed by atoms with van der Waals surface area (Å²) in [7, 11) is 1.69. The molecule has 1 aliphatic carbocycles. The first-order chi connectivity index (χ1) is 16.5. The highest BCUT2D eigenvalue weighted by atomic mass is 19.1. The van der Waals surface area contributed by atoms with Gasteiger partial charge in [-0.2, -0.15) is 5.26 Å². The molecule has 184 valence electrons. The van der Waals surface area contributed by atoms with E-state index in [1.54, 1.807) is 19.2 Å². The molecule has 0 aliphatic heterocycles. The molecule has 0 aromatic heterocycles. The second kappa shape index (κ2) is 16.6. The molecule has 2 rings (SSSR count). The van der Waals surface area contributed by atoms with Crippen molar-refractivity contribution in [3.8, 4) is 6.07 Å². The van der Waals surface area contributed by atoms with Gasteiger partial charge in [-0.05, 0) is 85.9 Å². The molecule has 0 atom stereocenters. The Morgan fingerprint density at radius 2 is 1.82 bits per heavy atom. The predicted molar refractivity (Wildman–Crippen MR) is 139 cm³/mol. The summed E-state index contributed by atoms with van der Waals surface area (Å²) in [5.74, 6) is -0.189. The molecule has 1 amide bonds. The van der Waals surface area contributed by atoms with Gasteiger partial charge in [0.2, 0.25) is 6.41 Å². The van der Waals surface area contributed by atoms with E-state index in [2.05, 4.69) is 23.5 Å². The van der Waals surface area contributed by atoms with Gasteiger partial charge in [-0.15, -0.1) is 0 Å². The molecule has 0 unspecified atom stereocenters. The van der Waals surface area contributed by atoms with Crippen LogP contribution in [-0.4, -0.2) is 26.7 Å². The van der Waals surface area contributed by atoms with Crippen molar-refractivity contribution in [3.05, 3.63) is 75.7 Å². The molecule has 0 fully saturated rings. The number of nitriles is 1. The minimum atomic E-state index is -0.189. The van der Waals surface area contributed by atoms with Crippen LogP contribution in [0.2, 0.25) is 0 Å². The monoisotopic (exact) mass is 466 g/mol. The smallest absolute Gasteiger partial charge is 0.207 e. The SMILES string of the molecule is CC.COCC1=CC=C(/C(C)=C(/C(F)=C(\C)CCCCCNC=O)c2ccc(C#N)cc2)CC1. The lowest BCUT2D eigenvalue weighted by Crippen LogP contribution is -2.11. The van der Waals surface area contributed by atoms with E-state index in [-0.39, 0.29) is 5.83 Å². The minimum Gasteiger partial charge on any atom is -0.380 e. The highest BCUT2D eigenvalue weighted by Gasteiger charge is 2.18. The Morgan fingerprint density at radius 3 is 2.38 bits per heavy atom. The van der Waals surface area contributed by atoms with Gasteiger partial charge in [0.05, 0.1) is 18.2 Å². The molecule has 5 heteroatoms. The van der Waals surface area contributed by atoms with Crippen LogP contribution in [0.4, 0.5) is 4.39 Å². The molecule has 0 saturated heterocycles. The number of hydrogen-bond acceptors (Lipinski definition) is 3. The average Bonchev–Trinajstić information content (AvgIpc) is 2.88. The zero-order chi connectivity index (χ0) is 25.3. The summed E-state index contributed by atoms with van der Waals surface area (Å²) in [6.07, 6.45) is 9.93. The van der Waals surface area contributed by atoms with Gasteiger partial charge in [0, 0.05) is 19.2 Å². The Morgan fingerprint density at radius 1 is 1.12 bits per heavy atom. The lowest BCUT2D eigenvalue weighted by Gasteiger charge is -2.19. The lowest BCUT2D eigenvalue weighted by atomic mass is 9.87. The molecule has 34 heavy (non-hydrogen) atoms. The highest BCUT2D eigenvalue weighted by molar-refractivity contribution is 5.83. The Labute approximate surface area is 204 Å². The molecular formula is C29H39FN2O2. The Kier molecular flexibility index (Phi) is 14.2. The summed E-state index contributed by atoms with van der Waals surface area (Å²) in [5, 5.41) is 11.8. The maximum absolute atomic E-state index is 15.8. The third kappa shape index (κ3) is 9.11. The fourth-order valence-electron chi connectivity index (χ4n) is 3.85. The lowest BCUT2D eigenvalue weighted by molar-refractivity contribution is -0.109. The maximum Gasteiger partial charge on any atom is 0.207 e. The van der Waals surface area contributed by atoms with Crippen molar-refractivity contribution < 1.29 is 13.9 Å². The van der Waals surface area contributed by atoms with E-state index in [0.29, 0.717) is 37.1 Å². The van der Waals surface area contributed by atoms with Gasteiger partial charge >= 0.3 is 0 Å². The van der Waals surface area contributed by atoms with E-state index < -0.39 is 0 Å². The number of nitrogens with one attached hydrogen (secondary N) is 1. The molecular weight excluding hydrogens is 427 g/mol. The van der Waals surface area contributed by atoms with Crippen molar-refractivity contribution in [2.24, 2.45) is 0 Å². The van der Waals surface area contributed by atoms with Crippen LogP contribution in [0.15, 0.2) is 64.5 Å². The number of ether oxygens (including phenoxy) is 1. The molecule has 0 radical (unpaired) electrons. The van der Waals surface area contributed by atoms with Gasteiger partial charge in [-0.3, -0.25) is 4.79 Å². The van der Waals surface area contributed by atoms with Gasteiger partial charge in [0.1, 0.15) is 5.83 Å². The van der Waals surface area contributed by atoms with Crippen molar-refractivity contribution in [1.29, 1.82) is 5.26 Å². The van der Waals surface area contributed by atoms with Gasteiger partial charge < -0.3 is 10.1 Å². The zero-order valence-electron chi connectivity index (χ0n) is 21.3. The number of carbonyl (C=O) groups is 1. The Balaban J connectivity index is 0.00000281.